The molecule has 0 saturated carbocycles. The Labute approximate surface area is 183 Å². The van der Waals surface area contributed by atoms with E-state index in [1.54, 1.807) is 24.3 Å². The Kier molecular flexibility index (Phi) is 15.7. The highest BCUT2D eigenvalue weighted by atomic mass is 16.3. The standard InChI is InChI=1S/C26H43NO3/c1-2-3-4-5-6-7-8-9-10-11-12-13-14-15-16-17-26(30)27-25(22-28)23-18-20-24(29)21-19-23/h9-10,18-21,25,28-29H,2-8,11-17,22H2,1H3,(H,27,30)/b10-9-/t25-/m0/s1. The molecule has 1 aromatic rings. The van der Waals surface area contributed by atoms with E-state index in [9.17, 15) is 15.0 Å². The summed E-state index contributed by atoms with van der Waals surface area (Å²) in [6.07, 6.45) is 21.3. The van der Waals surface area contributed by atoms with Gasteiger partial charge in [0.25, 0.3) is 0 Å². The van der Waals surface area contributed by atoms with Crippen molar-refractivity contribution in [3.05, 3.63) is 42.0 Å². The SMILES string of the molecule is CCCCCCCC/C=C\CCCCCCCC(=O)N[C@@H](CO)c1ccc(O)cc1. The van der Waals surface area contributed by atoms with Gasteiger partial charge in [-0.2, -0.15) is 0 Å². The van der Waals surface area contributed by atoms with Crippen LogP contribution in [0.1, 0.15) is 108 Å². The molecule has 4 heteroatoms. The maximum absolute atomic E-state index is 12.1. The van der Waals surface area contributed by atoms with Gasteiger partial charge in [-0.05, 0) is 49.8 Å². The molecule has 1 aromatic carbocycles. The number of benzene rings is 1. The number of aliphatic hydroxyl groups is 1. The number of unbranched alkanes of at least 4 members (excludes halogenated alkanes) is 11. The molecule has 0 aliphatic rings. The van der Waals surface area contributed by atoms with Crippen LogP contribution in [0.3, 0.4) is 0 Å². The molecule has 0 heterocycles. The second-order valence-corrected chi connectivity index (χ2v) is 8.23. The fraction of sp³-hybridized carbons (Fsp3) is 0.654. The topological polar surface area (TPSA) is 69.6 Å². The van der Waals surface area contributed by atoms with Crippen molar-refractivity contribution in [1.82, 2.24) is 5.32 Å². The van der Waals surface area contributed by atoms with Crippen molar-refractivity contribution in [1.29, 1.82) is 0 Å². The smallest absolute Gasteiger partial charge is 0.220 e. The zero-order valence-electron chi connectivity index (χ0n) is 19.0. The van der Waals surface area contributed by atoms with E-state index in [1.165, 1.54) is 70.6 Å². The van der Waals surface area contributed by atoms with Crippen LogP contribution in [0, 0.1) is 0 Å². The van der Waals surface area contributed by atoms with E-state index < -0.39 is 6.04 Å². The van der Waals surface area contributed by atoms with E-state index in [-0.39, 0.29) is 18.3 Å². The summed E-state index contributed by atoms with van der Waals surface area (Å²) in [6.45, 7) is 2.11. The first-order valence-corrected chi connectivity index (χ1v) is 12.0. The average molecular weight is 418 g/mol. The number of hydrogen-bond donors (Lipinski definition) is 3. The van der Waals surface area contributed by atoms with Crippen LogP contribution >= 0.6 is 0 Å². The number of phenols is 1. The minimum Gasteiger partial charge on any atom is -0.508 e. The van der Waals surface area contributed by atoms with Crippen LogP contribution < -0.4 is 5.32 Å². The van der Waals surface area contributed by atoms with Gasteiger partial charge in [-0.3, -0.25) is 4.79 Å². The van der Waals surface area contributed by atoms with Gasteiger partial charge in [0.1, 0.15) is 5.75 Å². The van der Waals surface area contributed by atoms with Gasteiger partial charge in [0.05, 0.1) is 12.6 Å². The summed E-state index contributed by atoms with van der Waals surface area (Å²) in [5, 5.41) is 21.7. The summed E-state index contributed by atoms with van der Waals surface area (Å²) in [7, 11) is 0. The van der Waals surface area contributed by atoms with Crippen molar-refractivity contribution in [2.24, 2.45) is 0 Å². The van der Waals surface area contributed by atoms with Crippen molar-refractivity contribution < 1.29 is 15.0 Å². The second-order valence-electron chi connectivity index (χ2n) is 8.23. The van der Waals surface area contributed by atoms with Crippen molar-refractivity contribution in [2.45, 2.75) is 103 Å². The van der Waals surface area contributed by atoms with Crippen LogP contribution in [0.25, 0.3) is 0 Å². The van der Waals surface area contributed by atoms with Crippen molar-refractivity contribution in [2.75, 3.05) is 6.61 Å². The summed E-state index contributed by atoms with van der Waals surface area (Å²) >= 11 is 0. The molecule has 0 aliphatic heterocycles. The third-order valence-corrected chi connectivity index (χ3v) is 5.48. The van der Waals surface area contributed by atoms with Gasteiger partial charge in [-0.25, -0.2) is 0 Å². The lowest BCUT2D eigenvalue weighted by molar-refractivity contribution is -0.122. The number of rotatable bonds is 18. The molecule has 4 nitrogen and oxygen atoms in total. The number of carbonyl (C=O) groups is 1. The van der Waals surface area contributed by atoms with Crippen molar-refractivity contribution >= 4 is 5.91 Å². The fourth-order valence-corrected chi connectivity index (χ4v) is 3.56. The molecule has 1 amide bonds. The highest BCUT2D eigenvalue weighted by molar-refractivity contribution is 5.76. The van der Waals surface area contributed by atoms with Crippen LogP contribution in [0.5, 0.6) is 5.75 Å². The third kappa shape index (κ3) is 13.4. The summed E-state index contributed by atoms with van der Waals surface area (Å²) in [5.41, 5.74) is 0.799. The number of allylic oxidation sites excluding steroid dienone is 2. The number of aliphatic hydroxyl groups excluding tert-OH is 1. The van der Waals surface area contributed by atoms with Gasteiger partial charge < -0.3 is 15.5 Å². The third-order valence-electron chi connectivity index (χ3n) is 5.48. The maximum atomic E-state index is 12.1. The van der Waals surface area contributed by atoms with E-state index in [2.05, 4.69) is 24.4 Å². The first-order chi connectivity index (χ1) is 14.7. The quantitative estimate of drug-likeness (QED) is 0.187. The second kappa shape index (κ2) is 18.0. The van der Waals surface area contributed by atoms with E-state index in [1.807, 2.05) is 0 Å². The number of phenolic OH excluding ortho intramolecular Hbond substituents is 1. The Balaban J connectivity index is 1.97. The molecule has 3 N–H and O–H groups in total. The van der Waals surface area contributed by atoms with Gasteiger partial charge in [0.15, 0.2) is 0 Å². The first-order valence-electron chi connectivity index (χ1n) is 12.0. The Bertz CT molecular complexity index is 568. The number of carbonyl (C=O) groups excluding carboxylic acids is 1. The van der Waals surface area contributed by atoms with Crippen molar-refractivity contribution in [3.63, 3.8) is 0 Å². The molecule has 170 valence electrons. The van der Waals surface area contributed by atoms with E-state index in [0.717, 1.165) is 18.4 Å². The zero-order valence-corrected chi connectivity index (χ0v) is 19.0. The minimum absolute atomic E-state index is 0.0280. The Morgan fingerprint density at radius 2 is 1.40 bits per heavy atom. The maximum Gasteiger partial charge on any atom is 0.220 e. The Hall–Kier alpha value is -1.81. The molecule has 0 spiro atoms. The van der Waals surface area contributed by atoms with Crippen LogP contribution in [0.4, 0.5) is 0 Å². The first kappa shape index (κ1) is 26.2. The molecule has 0 radical (unpaired) electrons. The zero-order chi connectivity index (χ0) is 21.9. The number of amides is 1. The largest absolute Gasteiger partial charge is 0.508 e. The average Bonchev–Trinajstić information content (AvgIpc) is 2.75. The van der Waals surface area contributed by atoms with Gasteiger partial charge in [-0.1, -0.05) is 82.6 Å². The lowest BCUT2D eigenvalue weighted by Gasteiger charge is -2.16. The minimum atomic E-state index is -0.416. The fourth-order valence-electron chi connectivity index (χ4n) is 3.56. The molecular weight excluding hydrogens is 374 g/mol. The Morgan fingerprint density at radius 3 is 1.97 bits per heavy atom. The Morgan fingerprint density at radius 1 is 0.867 bits per heavy atom. The van der Waals surface area contributed by atoms with Gasteiger partial charge in [0, 0.05) is 6.42 Å². The van der Waals surface area contributed by atoms with Crippen LogP contribution in [0.2, 0.25) is 0 Å². The van der Waals surface area contributed by atoms with E-state index in [0.29, 0.717) is 6.42 Å². The van der Waals surface area contributed by atoms with Gasteiger partial charge in [0.2, 0.25) is 5.91 Å². The van der Waals surface area contributed by atoms with E-state index >= 15 is 0 Å². The molecule has 1 atom stereocenters. The number of nitrogens with one attached hydrogen (secondary N) is 1. The van der Waals surface area contributed by atoms with E-state index in [4.69, 9.17) is 0 Å². The molecule has 0 unspecified atom stereocenters. The normalized spacial score (nSPS) is 12.3. The van der Waals surface area contributed by atoms with Crippen LogP contribution in [-0.4, -0.2) is 22.7 Å². The summed E-state index contributed by atoms with van der Waals surface area (Å²) in [5.74, 6) is 0.148. The van der Waals surface area contributed by atoms with Crippen molar-refractivity contribution in [3.8, 4) is 5.75 Å². The highest BCUT2D eigenvalue weighted by Crippen LogP contribution is 2.17. The molecule has 0 fully saturated rings. The molecule has 30 heavy (non-hydrogen) atoms. The summed E-state index contributed by atoms with van der Waals surface area (Å²) in [6, 6.07) is 6.15. The molecule has 0 saturated heterocycles. The molecule has 0 bridgehead atoms. The molecule has 1 rings (SSSR count). The summed E-state index contributed by atoms with van der Waals surface area (Å²) < 4.78 is 0. The van der Waals surface area contributed by atoms with Gasteiger partial charge in [-0.15, -0.1) is 0 Å². The van der Waals surface area contributed by atoms with Crippen LogP contribution in [-0.2, 0) is 4.79 Å². The highest BCUT2D eigenvalue weighted by Gasteiger charge is 2.13. The predicted octanol–water partition coefficient (Wildman–Crippen LogP) is 6.58. The molecular formula is C26H43NO3. The van der Waals surface area contributed by atoms with Gasteiger partial charge >= 0.3 is 0 Å². The number of hydrogen-bond acceptors (Lipinski definition) is 3. The summed E-state index contributed by atoms with van der Waals surface area (Å²) in [4.78, 5) is 12.1. The van der Waals surface area contributed by atoms with Crippen LogP contribution in [0.15, 0.2) is 36.4 Å². The lowest BCUT2D eigenvalue weighted by Crippen LogP contribution is -2.30. The molecule has 0 aliphatic carbocycles. The number of aromatic hydroxyl groups is 1. The predicted molar refractivity (Wildman–Crippen MR) is 126 cm³/mol. The lowest BCUT2D eigenvalue weighted by atomic mass is 10.1. The monoisotopic (exact) mass is 417 g/mol. The molecule has 0 aromatic heterocycles.